The average Bonchev–Trinajstić information content (AvgIpc) is 2.49. The highest BCUT2D eigenvalue weighted by Gasteiger charge is 2.43. The number of carbonyl (C=O) groups is 2. The molecular formula is C10H7F2NO5. The molecule has 1 aliphatic rings. The van der Waals surface area contributed by atoms with E-state index in [0.29, 0.717) is 0 Å². The predicted molar refractivity (Wildman–Crippen MR) is 53.5 cm³/mol. The molecule has 2 rings (SSSR count). The van der Waals surface area contributed by atoms with Crippen LogP contribution in [0, 0.1) is 0 Å². The van der Waals surface area contributed by atoms with Gasteiger partial charge in [-0.2, -0.15) is 0 Å². The van der Waals surface area contributed by atoms with Crippen LogP contribution >= 0.6 is 0 Å². The van der Waals surface area contributed by atoms with Crippen molar-refractivity contribution in [3.8, 4) is 11.5 Å². The third-order valence-corrected chi connectivity index (χ3v) is 2.00. The van der Waals surface area contributed by atoms with Gasteiger partial charge in [0.2, 0.25) is 5.91 Å². The van der Waals surface area contributed by atoms with E-state index in [4.69, 9.17) is 5.11 Å². The summed E-state index contributed by atoms with van der Waals surface area (Å²) in [6, 6.07) is 3.60. The van der Waals surface area contributed by atoms with Crippen molar-refractivity contribution in [3.05, 3.63) is 18.2 Å². The standard InChI is InChI=1S/C10H7F2NO5/c11-10(12)17-6-2-1-5(3-7(6)18-10)13-8(14)4-9(15)16/h1-3H,4H2,(H,13,14)(H,15,16). The quantitative estimate of drug-likeness (QED) is 0.802. The van der Waals surface area contributed by atoms with Gasteiger partial charge in [-0.15, -0.1) is 8.78 Å². The Balaban J connectivity index is 2.09. The maximum absolute atomic E-state index is 12.7. The monoisotopic (exact) mass is 259 g/mol. The first kappa shape index (κ1) is 12.1. The Hall–Kier alpha value is -2.38. The summed E-state index contributed by atoms with van der Waals surface area (Å²) in [6.07, 6.45) is -4.45. The average molecular weight is 259 g/mol. The number of alkyl halides is 2. The summed E-state index contributed by atoms with van der Waals surface area (Å²) >= 11 is 0. The van der Waals surface area contributed by atoms with Gasteiger partial charge in [0.25, 0.3) is 0 Å². The Morgan fingerprint density at radius 1 is 1.28 bits per heavy atom. The van der Waals surface area contributed by atoms with E-state index < -0.39 is 24.6 Å². The van der Waals surface area contributed by atoms with Crippen molar-refractivity contribution in [1.82, 2.24) is 0 Å². The van der Waals surface area contributed by atoms with Crippen LogP contribution in [0.4, 0.5) is 14.5 Å². The highest BCUT2D eigenvalue weighted by Crippen LogP contribution is 2.42. The van der Waals surface area contributed by atoms with Crippen LogP contribution in [0.5, 0.6) is 11.5 Å². The zero-order chi connectivity index (χ0) is 13.3. The van der Waals surface area contributed by atoms with E-state index in [1.165, 1.54) is 12.1 Å². The molecule has 6 nitrogen and oxygen atoms in total. The van der Waals surface area contributed by atoms with Crippen LogP contribution in [0.1, 0.15) is 6.42 Å². The number of benzene rings is 1. The number of anilines is 1. The molecule has 0 spiro atoms. The molecule has 1 aromatic carbocycles. The summed E-state index contributed by atoms with van der Waals surface area (Å²) in [4.78, 5) is 21.4. The fourth-order valence-electron chi connectivity index (χ4n) is 1.37. The third kappa shape index (κ3) is 2.65. The lowest BCUT2D eigenvalue weighted by Gasteiger charge is -2.04. The van der Waals surface area contributed by atoms with E-state index in [9.17, 15) is 18.4 Å². The lowest BCUT2D eigenvalue weighted by atomic mass is 10.2. The molecule has 0 aliphatic carbocycles. The highest BCUT2D eigenvalue weighted by atomic mass is 19.3. The van der Waals surface area contributed by atoms with Crippen molar-refractivity contribution in [2.75, 3.05) is 5.32 Å². The molecule has 0 bridgehead atoms. The number of rotatable bonds is 3. The lowest BCUT2D eigenvalue weighted by molar-refractivity contribution is -0.286. The van der Waals surface area contributed by atoms with Gasteiger partial charge in [-0.25, -0.2) is 0 Å². The molecule has 0 atom stereocenters. The van der Waals surface area contributed by atoms with E-state index in [0.717, 1.165) is 6.07 Å². The summed E-state index contributed by atoms with van der Waals surface area (Å²) in [5, 5.41) is 10.6. The van der Waals surface area contributed by atoms with E-state index in [2.05, 4.69) is 14.8 Å². The van der Waals surface area contributed by atoms with E-state index in [1.807, 2.05) is 0 Å². The number of ether oxygens (including phenoxy) is 2. The number of nitrogens with one attached hydrogen (secondary N) is 1. The van der Waals surface area contributed by atoms with Gasteiger partial charge in [0.05, 0.1) is 0 Å². The Morgan fingerprint density at radius 3 is 2.61 bits per heavy atom. The Kier molecular flexibility index (Phi) is 2.77. The van der Waals surface area contributed by atoms with Crippen molar-refractivity contribution >= 4 is 17.6 Å². The number of carboxylic acids is 1. The molecule has 2 N–H and O–H groups in total. The summed E-state index contributed by atoms with van der Waals surface area (Å²) in [6.45, 7) is 0. The second kappa shape index (κ2) is 4.13. The number of fused-ring (bicyclic) bond motifs is 1. The largest absolute Gasteiger partial charge is 0.586 e. The lowest BCUT2D eigenvalue weighted by Crippen LogP contribution is -2.25. The Bertz CT molecular complexity index is 517. The summed E-state index contributed by atoms with van der Waals surface area (Å²) < 4.78 is 33.7. The molecule has 8 heteroatoms. The molecule has 1 aliphatic heterocycles. The van der Waals surface area contributed by atoms with E-state index in [-0.39, 0.29) is 17.2 Å². The van der Waals surface area contributed by atoms with Gasteiger partial charge >= 0.3 is 12.3 Å². The topological polar surface area (TPSA) is 84.9 Å². The van der Waals surface area contributed by atoms with Gasteiger partial charge in [0.15, 0.2) is 11.5 Å². The van der Waals surface area contributed by atoms with Crippen molar-refractivity contribution in [2.24, 2.45) is 0 Å². The Labute approximate surface area is 99.1 Å². The minimum atomic E-state index is -3.73. The van der Waals surface area contributed by atoms with Crippen LogP contribution < -0.4 is 14.8 Å². The van der Waals surface area contributed by atoms with Gasteiger partial charge in [0, 0.05) is 11.8 Å². The summed E-state index contributed by atoms with van der Waals surface area (Å²) in [5.41, 5.74) is 0.140. The molecule has 1 amide bonds. The van der Waals surface area contributed by atoms with E-state index in [1.54, 1.807) is 0 Å². The normalized spacial score (nSPS) is 15.2. The molecule has 0 radical (unpaired) electrons. The number of halogens is 2. The van der Waals surface area contributed by atoms with Gasteiger partial charge in [-0.1, -0.05) is 0 Å². The molecule has 0 aromatic heterocycles. The Morgan fingerprint density at radius 2 is 1.94 bits per heavy atom. The molecule has 18 heavy (non-hydrogen) atoms. The van der Waals surface area contributed by atoms with Crippen LogP contribution in [0.3, 0.4) is 0 Å². The van der Waals surface area contributed by atoms with Crippen LogP contribution in [0.15, 0.2) is 18.2 Å². The molecule has 0 saturated heterocycles. The smallest absolute Gasteiger partial charge is 0.481 e. The molecular weight excluding hydrogens is 252 g/mol. The maximum atomic E-state index is 12.7. The van der Waals surface area contributed by atoms with E-state index >= 15 is 0 Å². The molecule has 1 heterocycles. The molecule has 0 saturated carbocycles. The fraction of sp³-hybridized carbons (Fsp3) is 0.200. The maximum Gasteiger partial charge on any atom is 0.586 e. The zero-order valence-corrected chi connectivity index (χ0v) is 8.78. The summed E-state index contributed by atoms with van der Waals surface area (Å²) in [5.74, 6) is -2.45. The molecule has 0 fully saturated rings. The number of hydrogen-bond donors (Lipinski definition) is 2. The van der Waals surface area contributed by atoms with Crippen LogP contribution in [-0.2, 0) is 9.59 Å². The van der Waals surface area contributed by atoms with Crippen molar-refractivity contribution in [2.45, 2.75) is 12.7 Å². The third-order valence-electron chi connectivity index (χ3n) is 2.00. The minimum Gasteiger partial charge on any atom is -0.481 e. The summed E-state index contributed by atoms with van der Waals surface area (Å²) in [7, 11) is 0. The predicted octanol–water partition coefficient (Wildman–Crippen LogP) is 1.42. The molecule has 0 unspecified atom stereocenters. The number of amides is 1. The van der Waals surface area contributed by atoms with Gasteiger partial charge < -0.3 is 19.9 Å². The van der Waals surface area contributed by atoms with Crippen molar-refractivity contribution in [1.29, 1.82) is 0 Å². The van der Waals surface area contributed by atoms with Crippen molar-refractivity contribution in [3.63, 3.8) is 0 Å². The minimum absolute atomic E-state index is 0.140. The molecule has 96 valence electrons. The van der Waals surface area contributed by atoms with Crippen LogP contribution in [0.2, 0.25) is 0 Å². The zero-order valence-electron chi connectivity index (χ0n) is 8.78. The first-order valence-corrected chi connectivity index (χ1v) is 4.77. The number of aliphatic carboxylic acids is 1. The second-order valence-corrected chi connectivity index (χ2v) is 3.45. The second-order valence-electron chi connectivity index (χ2n) is 3.45. The molecule has 1 aromatic rings. The SMILES string of the molecule is O=C(O)CC(=O)Nc1ccc2c(c1)OC(F)(F)O2. The fourth-order valence-corrected chi connectivity index (χ4v) is 1.37. The number of carbonyl (C=O) groups excluding carboxylic acids is 1. The van der Waals surface area contributed by atoms with Gasteiger partial charge in [-0.05, 0) is 12.1 Å². The first-order chi connectivity index (χ1) is 8.35. The van der Waals surface area contributed by atoms with Gasteiger partial charge in [0.1, 0.15) is 6.42 Å². The number of hydrogen-bond acceptors (Lipinski definition) is 4. The van der Waals surface area contributed by atoms with Gasteiger partial charge in [-0.3, -0.25) is 9.59 Å². The first-order valence-electron chi connectivity index (χ1n) is 4.77. The highest BCUT2D eigenvalue weighted by molar-refractivity contribution is 6.01. The number of carboxylic acid groups (broad SMARTS) is 1. The van der Waals surface area contributed by atoms with Crippen LogP contribution in [0.25, 0.3) is 0 Å². The van der Waals surface area contributed by atoms with Crippen LogP contribution in [-0.4, -0.2) is 23.3 Å². The van der Waals surface area contributed by atoms with Crippen molar-refractivity contribution < 1.29 is 33.0 Å².